The van der Waals surface area contributed by atoms with Crippen LogP contribution in [0.4, 0.5) is 0 Å². The van der Waals surface area contributed by atoms with Gasteiger partial charge in [-0.2, -0.15) is 0 Å². The minimum Gasteiger partial charge on any atom is -0.455 e. The standard InChI is InChI=1S/C72H42N8O2/c1-3-13-41(14-4-1)67-75-69(45-19-9-17-43(35-45)49-23-11-25-55-59-39-73-33-31-61(59)81-65(49)55)79-71(77-67)47-27-29-53-57(37-47)63-51-21-7-8-22-52(51)64(53)58-38-48(28-30-54(58)63)72-78-68(42-15-5-2-6-16-42)76-70(80-72)46-20-10-18-44(36-46)50-24-12-26-56-60-40-74-34-32-62(60)82-66(50)56/h1-40,63-64H. The third kappa shape index (κ3) is 7.35. The van der Waals surface area contributed by atoms with Crippen LogP contribution in [0.3, 0.4) is 0 Å². The molecule has 82 heavy (non-hydrogen) atoms. The van der Waals surface area contributed by atoms with Gasteiger partial charge in [0.1, 0.15) is 22.3 Å². The van der Waals surface area contributed by atoms with Crippen molar-refractivity contribution in [2.75, 3.05) is 0 Å². The molecule has 0 N–H and O–H groups in total. The van der Waals surface area contributed by atoms with Gasteiger partial charge in [-0.1, -0.05) is 182 Å². The largest absolute Gasteiger partial charge is 0.455 e. The molecule has 382 valence electrons. The monoisotopic (exact) mass is 1050 g/mol. The van der Waals surface area contributed by atoms with Crippen LogP contribution >= 0.6 is 0 Å². The molecule has 2 atom stereocenters. The van der Waals surface area contributed by atoms with Crippen LogP contribution in [-0.2, 0) is 0 Å². The van der Waals surface area contributed by atoms with Crippen LogP contribution in [0.2, 0.25) is 0 Å². The maximum Gasteiger partial charge on any atom is 0.164 e. The summed E-state index contributed by atoms with van der Waals surface area (Å²) in [6.07, 6.45) is 7.24. The van der Waals surface area contributed by atoms with Crippen LogP contribution in [0.5, 0.6) is 0 Å². The molecule has 0 aliphatic heterocycles. The average molecular weight is 1050 g/mol. The number of benzene rings is 9. The molecule has 10 heteroatoms. The van der Waals surface area contributed by atoms with Crippen LogP contribution in [0, 0.1) is 0 Å². The summed E-state index contributed by atoms with van der Waals surface area (Å²) in [6, 6.07) is 75.8. The molecule has 0 spiro atoms. The van der Waals surface area contributed by atoms with Crippen molar-refractivity contribution >= 4 is 43.9 Å². The Labute approximate surface area is 469 Å². The van der Waals surface area contributed by atoms with E-state index in [4.69, 9.17) is 38.7 Å². The van der Waals surface area contributed by atoms with Gasteiger partial charge in [0.15, 0.2) is 34.9 Å². The van der Waals surface area contributed by atoms with Crippen molar-refractivity contribution in [3.05, 3.63) is 277 Å². The number of hydrogen-bond donors (Lipinski definition) is 0. The summed E-state index contributed by atoms with van der Waals surface area (Å²) < 4.78 is 12.9. The molecular weight excluding hydrogens is 1010 g/mol. The summed E-state index contributed by atoms with van der Waals surface area (Å²) in [5, 5.41) is 4.01. The lowest BCUT2D eigenvalue weighted by molar-refractivity contribution is 0.669. The van der Waals surface area contributed by atoms with Crippen LogP contribution in [0.1, 0.15) is 45.2 Å². The molecular formula is C72H42N8O2. The van der Waals surface area contributed by atoms with Gasteiger partial charge in [0.2, 0.25) is 0 Å². The van der Waals surface area contributed by atoms with Crippen molar-refractivity contribution in [3.8, 4) is 90.6 Å². The lowest BCUT2D eigenvalue weighted by atomic mass is 9.61. The predicted molar refractivity (Wildman–Crippen MR) is 322 cm³/mol. The van der Waals surface area contributed by atoms with Crippen molar-refractivity contribution in [2.45, 2.75) is 11.8 Å². The van der Waals surface area contributed by atoms with Crippen molar-refractivity contribution < 1.29 is 8.83 Å². The fourth-order valence-corrected chi connectivity index (χ4v) is 12.6. The molecule has 0 radical (unpaired) electrons. The molecule has 0 saturated heterocycles. The van der Waals surface area contributed by atoms with Gasteiger partial charge < -0.3 is 8.83 Å². The van der Waals surface area contributed by atoms with Gasteiger partial charge in [-0.25, -0.2) is 29.9 Å². The molecule has 18 rings (SSSR count). The van der Waals surface area contributed by atoms with Gasteiger partial charge in [0.25, 0.3) is 0 Å². The molecule has 2 unspecified atom stereocenters. The zero-order valence-electron chi connectivity index (χ0n) is 43.6. The first kappa shape index (κ1) is 45.9. The Morgan fingerprint density at radius 2 is 0.610 bits per heavy atom. The number of nitrogens with zero attached hydrogens (tertiary/aromatic N) is 8. The van der Waals surface area contributed by atoms with Gasteiger partial charge >= 0.3 is 0 Å². The lowest BCUT2D eigenvalue weighted by Gasteiger charge is -2.42. The Morgan fingerprint density at radius 3 is 1.05 bits per heavy atom. The van der Waals surface area contributed by atoms with Crippen molar-refractivity contribution in [2.24, 2.45) is 0 Å². The molecule has 3 aliphatic rings. The number of rotatable bonds is 8. The first-order valence-electron chi connectivity index (χ1n) is 27.3. The summed E-state index contributed by atoms with van der Waals surface area (Å²) in [7, 11) is 0. The smallest absolute Gasteiger partial charge is 0.164 e. The molecule has 15 aromatic rings. The second-order valence-electron chi connectivity index (χ2n) is 21.0. The molecule has 6 heterocycles. The van der Waals surface area contributed by atoms with Crippen molar-refractivity contribution in [3.63, 3.8) is 0 Å². The number of hydrogen-bond acceptors (Lipinski definition) is 10. The van der Waals surface area contributed by atoms with E-state index < -0.39 is 0 Å². The van der Waals surface area contributed by atoms with E-state index in [9.17, 15) is 0 Å². The topological polar surface area (TPSA) is 129 Å². The van der Waals surface area contributed by atoms with E-state index in [1.807, 2.05) is 85.2 Å². The van der Waals surface area contributed by atoms with Crippen molar-refractivity contribution in [1.82, 2.24) is 39.9 Å². The Bertz CT molecular complexity index is 4770. The molecule has 9 aromatic carbocycles. The summed E-state index contributed by atoms with van der Waals surface area (Å²) in [5.41, 5.74) is 20.2. The van der Waals surface area contributed by atoms with E-state index in [0.29, 0.717) is 34.9 Å². The second kappa shape index (κ2) is 18.2. The number of para-hydroxylation sites is 2. The van der Waals surface area contributed by atoms with Gasteiger partial charge in [-0.15, -0.1) is 0 Å². The first-order chi connectivity index (χ1) is 40.6. The number of furan rings is 2. The zero-order chi connectivity index (χ0) is 53.8. The summed E-state index contributed by atoms with van der Waals surface area (Å²) in [4.78, 5) is 40.1. The third-order valence-corrected chi connectivity index (χ3v) is 16.3. The maximum absolute atomic E-state index is 6.45. The highest BCUT2D eigenvalue weighted by Gasteiger charge is 2.42. The molecule has 0 fully saturated rings. The van der Waals surface area contributed by atoms with E-state index in [-0.39, 0.29) is 11.8 Å². The fourth-order valence-electron chi connectivity index (χ4n) is 12.6. The highest BCUT2D eigenvalue weighted by Crippen LogP contribution is 2.57. The quantitative estimate of drug-likeness (QED) is 0.145. The lowest BCUT2D eigenvalue weighted by Crippen LogP contribution is -2.27. The third-order valence-electron chi connectivity index (χ3n) is 16.3. The van der Waals surface area contributed by atoms with E-state index in [1.54, 1.807) is 12.4 Å². The van der Waals surface area contributed by atoms with Crippen LogP contribution in [-0.4, -0.2) is 39.9 Å². The number of pyridine rings is 2. The predicted octanol–water partition coefficient (Wildman–Crippen LogP) is 17.0. The van der Waals surface area contributed by atoms with Gasteiger partial charge in [-0.05, 0) is 80.9 Å². The number of aromatic nitrogens is 8. The minimum atomic E-state index is -0.0347. The number of fused-ring (bicyclic) bond motifs is 6. The molecule has 0 saturated carbocycles. The van der Waals surface area contributed by atoms with Crippen molar-refractivity contribution in [1.29, 1.82) is 0 Å². The van der Waals surface area contributed by atoms with E-state index in [2.05, 4.69) is 156 Å². The second-order valence-corrected chi connectivity index (χ2v) is 21.0. The SMILES string of the molecule is c1ccc(-c2nc(-c3cccc(-c4cccc5c4oc4ccncc45)c3)nc(-c3ccc4c(c3)C3c5ccccc5C4c4cc(-c5nc(-c6ccccc6)nc(-c6cccc(-c7cccc8c7oc7ccncc78)c6)n5)ccc43)n2)cc1. The summed E-state index contributed by atoms with van der Waals surface area (Å²) in [6.45, 7) is 0. The Morgan fingerprint density at radius 1 is 0.256 bits per heavy atom. The minimum absolute atomic E-state index is 0.0347. The summed E-state index contributed by atoms with van der Waals surface area (Å²) in [5.74, 6) is 3.49. The van der Waals surface area contributed by atoms with Gasteiger partial charge in [-0.3, -0.25) is 9.97 Å². The van der Waals surface area contributed by atoms with E-state index in [0.717, 1.165) is 99.5 Å². The molecule has 0 amide bonds. The van der Waals surface area contributed by atoms with E-state index >= 15 is 0 Å². The molecule has 3 aliphatic carbocycles. The normalized spacial score (nSPS) is 14.1. The fraction of sp³-hybridized carbons (Fsp3) is 0.0278. The molecule has 10 nitrogen and oxygen atoms in total. The van der Waals surface area contributed by atoms with Crippen LogP contribution in [0.25, 0.3) is 134 Å². The Hall–Kier alpha value is -11.1. The maximum atomic E-state index is 6.45. The highest BCUT2D eigenvalue weighted by atomic mass is 16.3. The van der Waals surface area contributed by atoms with Gasteiger partial charge in [0.05, 0.1) is 0 Å². The van der Waals surface area contributed by atoms with Gasteiger partial charge in [0, 0.05) is 103 Å². The Kier molecular flexibility index (Phi) is 10.2. The zero-order valence-corrected chi connectivity index (χ0v) is 43.6. The Balaban J connectivity index is 0.765. The molecule has 2 bridgehead atoms. The van der Waals surface area contributed by atoms with Crippen LogP contribution < -0.4 is 0 Å². The van der Waals surface area contributed by atoms with E-state index in [1.165, 1.54) is 33.4 Å². The summed E-state index contributed by atoms with van der Waals surface area (Å²) >= 11 is 0. The van der Waals surface area contributed by atoms with Crippen LogP contribution in [0.15, 0.2) is 252 Å². The first-order valence-corrected chi connectivity index (χ1v) is 27.3. The molecule has 6 aromatic heterocycles. The average Bonchev–Trinajstić information content (AvgIpc) is 3.98. The highest BCUT2D eigenvalue weighted by molar-refractivity contribution is 6.10.